The standard InChI is InChI=1S/C18H15BrN2O2S/c1-11-2-8-14(9-3-11)20-16(22)15-10-24-17(21(15)18(20)23)12-4-6-13(19)7-5-12/h2-9,15,17H,10H2,1H3/t15-,17+/m0/s1. The molecule has 2 aromatic carbocycles. The van der Waals surface area contributed by atoms with Crippen molar-refractivity contribution in [3.63, 3.8) is 0 Å². The van der Waals surface area contributed by atoms with E-state index in [9.17, 15) is 9.59 Å². The highest BCUT2D eigenvalue weighted by Gasteiger charge is 2.53. The summed E-state index contributed by atoms with van der Waals surface area (Å²) >= 11 is 5.07. The molecule has 4 nitrogen and oxygen atoms in total. The van der Waals surface area contributed by atoms with Gasteiger partial charge in [0.25, 0.3) is 5.91 Å². The number of fused-ring (bicyclic) bond motifs is 1. The van der Waals surface area contributed by atoms with Crippen LogP contribution in [0, 0.1) is 6.92 Å². The van der Waals surface area contributed by atoms with Gasteiger partial charge < -0.3 is 0 Å². The van der Waals surface area contributed by atoms with Gasteiger partial charge in [0.05, 0.1) is 5.69 Å². The maximum atomic E-state index is 12.9. The fourth-order valence-corrected chi connectivity index (χ4v) is 4.78. The van der Waals surface area contributed by atoms with Gasteiger partial charge in [-0.05, 0) is 36.8 Å². The molecule has 2 heterocycles. The second kappa shape index (κ2) is 5.93. The Kier molecular flexibility index (Phi) is 3.89. The molecule has 6 heteroatoms. The molecule has 122 valence electrons. The Morgan fingerprint density at radius 1 is 1.04 bits per heavy atom. The van der Waals surface area contributed by atoms with E-state index in [1.54, 1.807) is 16.7 Å². The first-order chi connectivity index (χ1) is 11.6. The molecule has 0 aromatic heterocycles. The van der Waals surface area contributed by atoms with Crippen molar-refractivity contribution in [3.05, 3.63) is 64.1 Å². The highest BCUT2D eigenvalue weighted by atomic mass is 79.9. The SMILES string of the molecule is Cc1ccc(N2C(=O)[C@@H]3CS[C@H](c4ccc(Br)cc4)N3C2=O)cc1. The number of halogens is 1. The average molecular weight is 403 g/mol. The van der Waals surface area contributed by atoms with E-state index < -0.39 is 0 Å². The second-order valence-electron chi connectivity index (χ2n) is 5.95. The Morgan fingerprint density at radius 3 is 2.38 bits per heavy atom. The first kappa shape index (κ1) is 15.7. The van der Waals surface area contributed by atoms with Crippen LogP contribution in [0.2, 0.25) is 0 Å². The molecule has 24 heavy (non-hydrogen) atoms. The normalized spacial score (nSPS) is 23.1. The van der Waals surface area contributed by atoms with Crippen molar-refractivity contribution >= 4 is 45.3 Å². The lowest BCUT2D eigenvalue weighted by atomic mass is 10.2. The maximum Gasteiger partial charge on any atom is 0.333 e. The first-order valence-electron chi connectivity index (χ1n) is 7.66. The van der Waals surface area contributed by atoms with Crippen molar-refractivity contribution in [1.82, 2.24) is 4.90 Å². The monoisotopic (exact) mass is 402 g/mol. The number of benzene rings is 2. The molecule has 2 aromatic rings. The lowest BCUT2D eigenvalue weighted by molar-refractivity contribution is -0.119. The van der Waals surface area contributed by atoms with Gasteiger partial charge in [-0.3, -0.25) is 9.69 Å². The topological polar surface area (TPSA) is 40.6 Å². The maximum absolute atomic E-state index is 12.9. The Hall–Kier alpha value is -1.79. The molecular weight excluding hydrogens is 388 g/mol. The number of carbonyl (C=O) groups is 2. The summed E-state index contributed by atoms with van der Waals surface area (Å²) in [5, 5.41) is -0.116. The number of nitrogens with zero attached hydrogens (tertiary/aromatic N) is 2. The highest BCUT2D eigenvalue weighted by molar-refractivity contribution is 9.10. The van der Waals surface area contributed by atoms with Gasteiger partial charge >= 0.3 is 6.03 Å². The number of urea groups is 1. The van der Waals surface area contributed by atoms with E-state index in [4.69, 9.17) is 0 Å². The fourth-order valence-electron chi connectivity index (χ4n) is 3.10. The molecule has 0 unspecified atom stereocenters. The molecule has 2 saturated heterocycles. The minimum atomic E-state index is -0.377. The molecule has 0 aliphatic carbocycles. The predicted octanol–water partition coefficient (Wildman–Crippen LogP) is 4.34. The van der Waals surface area contributed by atoms with E-state index in [-0.39, 0.29) is 23.4 Å². The molecular formula is C18H15BrN2O2S. The van der Waals surface area contributed by atoms with Gasteiger partial charge in [0.1, 0.15) is 11.4 Å². The predicted molar refractivity (Wildman–Crippen MR) is 99.0 cm³/mol. The van der Waals surface area contributed by atoms with E-state index >= 15 is 0 Å². The lowest BCUT2D eigenvalue weighted by Gasteiger charge is -2.23. The minimum Gasteiger partial charge on any atom is -0.295 e. The Labute approximate surface area is 152 Å². The van der Waals surface area contributed by atoms with E-state index in [2.05, 4.69) is 15.9 Å². The van der Waals surface area contributed by atoms with Crippen LogP contribution in [0.1, 0.15) is 16.5 Å². The first-order valence-corrected chi connectivity index (χ1v) is 9.50. The third kappa shape index (κ3) is 2.45. The zero-order valence-electron chi connectivity index (χ0n) is 13.0. The Balaban J connectivity index is 1.67. The van der Waals surface area contributed by atoms with E-state index in [1.807, 2.05) is 55.5 Å². The molecule has 0 radical (unpaired) electrons. The molecule has 0 bridgehead atoms. The number of rotatable bonds is 2. The van der Waals surface area contributed by atoms with Crippen molar-refractivity contribution in [2.24, 2.45) is 0 Å². The summed E-state index contributed by atoms with van der Waals surface area (Å²) in [6.07, 6.45) is 0. The third-order valence-electron chi connectivity index (χ3n) is 4.37. The van der Waals surface area contributed by atoms with Crippen molar-refractivity contribution in [1.29, 1.82) is 0 Å². The van der Waals surface area contributed by atoms with Crippen molar-refractivity contribution < 1.29 is 9.59 Å². The van der Waals surface area contributed by atoms with Crippen LogP contribution in [0.4, 0.5) is 10.5 Å². The van der Waals surface area contributed by atoms with Crippen molar-refractivity contribution in [2.45, 2.75) is 18.3 Å². The van der Waals surface area contributed by atoms with E-state index in [0.717, 1.165) is 15.6 Å². The van der Waals surface area contributed by atoms with Gasteiger partial charge in [-0.25, -0.2) is 9.69 Å². The summed E-state index contributed by atoms with van der Waals surface area (Å²) in [4.78, 5) is 28.7. The summed E-state index contributed by atoms with van der Waals surface area (Å²) in [7, 11) is 0. The summed E-state index contributed by atoms with van der Waals surface area (Å²) < 4.78 is 0.996. The van der Waals surface area contributed by atoms with Crippen molar-refractivity contribution in [2.75, 3.05) is 10.7 Å². The zero-order chi connectivity index (χ0) is 16.8. The van der Waals surface area contributed by atoms with Crippen LogP contribution >= 0.6 is 27.7 Å². The van der Waals surface area contributed by atoms with Crippen LogP contribution in [0.5, 0.6) is 0 Å². The highest BCUT2D eigenvalue weighted by Crippen LogP contribution is 2.46. The smallest absolute Gasteiger partial charge is 0.295 e. The van der Waals surface area contributed by atoms with Gasteiger partial charge in [-0.2, -0.15) is 0 Å². The van der Waals surface area contributed by atoms with Gasteiger partial charge in [0, 0.05) is 10.2 Å². The molecule has 2 atom stereocenters. The molecule has 2 aliphatic rings. The molecule has 2 aliphatic heterocycles. The minimum absolute atomic E-state index is 0.116. The largest absolute Gasteiger partial charge is 0.333 e. The van der Waals surface area contributed by atoms with Gasteiger partial charge in [-0.1, -0.05) is 45.8 Å². The molecule has 0 N–H and O–H groups in total. The summed E-state index contributed by atoms with van der Waals surface area (Å²) in [6, 6.07) is 14.8. The molecule has 0 saturated carbocycles. The number of amides is 3. The molecule has 2 fully saturated rings. The number of hydrogen-bond donors (Lipinski definition) is 0. The van der Waals surface area contributed by atoms with Gasteiger partial charge in [0.15, 0.2) is 0 Å². The number of carbonyl (C=O) groups excluding carboxylic acids is 2. The van der Waals surface area contributed by atoms with Crippen LogP contribution in [-0.2, 0) is 4.79 Å². The van der Waals surface area contributed by atoms with Crippen LogP contribution in [0.25, 0.3) is 0 Å². The number of thioether (sulfide) groups is 1. The van der Waals surface area contributed by atoms with Gasteiger partial charge in [-0.15, -0.1) is 11.8 Å². The zero-order valence-corrected chi connectivity index (χ0v) is 15.4. The number of anilines is 1. The summed E-state index contributed by atoms with van der Waals surface area (Å²) in [5.74, 6) is 0.504. The molecule has 4 rings (SSSR count). The Morgan fingerprint density at radius 2 is 1.71 bits per heavy atom. The third-order valence-corrected chi connectivity index (χ3v) is 6.22. The summed E-state index contributed by atoms with van der Waals surface area (Å²) in [6.45, 7) is 1.98. The Bertz CT molecular complexity index is 807. The number of imide groups is 1. The number of aryl methyl sites for hydroxylation is 1. The molecule has 3 amide bonds. The van der Waals surface area contributed by atoms with Gasteiger partial charge in [0.2, 0.25) is 0 Å². The molecule has 0 spiro atoms. The quantitative estimate of drug-likeness (QED) is 0.701. The average Bonchev–Trinajstić information content (AvgIpc) is 3.11. The van der Waals surface area contributed by atoms with Crippen molar-refractivity contribution in [3.8, 4) is 0 Å². The van der Waals surface area contributed by atoms with Crippen LogP contribution in [-0.4, -0.2) is 28.6 Å². The fraction of sp³-hybridized carbons (Fsp3) is 0.222. The summed E-state index contributed by atoms with van der Waals surface area (Å²) in [5.41, 5.74) is 2.78. The second-order valence-corrected chi connectivity index (χ2v) is 7.98. The van der Waals surface area contributed by atoms with Crippen LogP contribution in [0.15, 0.2) is 53.0 Å². The number of hydrogen-bond acceptors (Lipinski definition) is 3. The lowest BCUT2D eigenvalue weighted by Crippen LogP contribution is -2.33. The van der Waals surface area contributed by atoms with Crippen LogP contribution in [0.3, 0.4) is 0 Å². The van der Waals surface area contributed by atoms with Crippen LogP contribution < -0.4 is 4.90 Å². The van der Waals surface area contributed by atoms with E-state index in [0.29, 0.717) is 11.4 Å². The van der Waals surface area contributed by atoms with E-state index in [1.165, 1.54) is 4.90 Å².